The highest BCUT2D eigenvalue weighted by Gasteiger charge is 2.19. The smallest absolute Gasteiger partial charge is 0.222 e. The van der Waals surface area contributed by atoms with E-state index < -0.39 is 0 Å². The molecule has 1 aromatic heterocycles. The maximum absolute atomic E-state index is 11.8. The molecule has 1 fully saturated rings. The molecule has 2 N–H and O–H groups in total. The van der Waals surface area contributed by atoms with Gasteiger partial charge in [0.2, 0.25) is 5.91 Å². The zero-order chi connectivity index (χ0) is 19.8. The zero-order valence-electron chi connectivity index (χ0n) is 17.2. The quantitative estimate of drug-likeness (QED) is 0.310. The molecule has 0 saturated carbocycles. The largest absolute Gasteiger partial charge is 0.356 e. The maximum Gasteiger partial charge on any atom is 0.222 e. The van der Waals surface area contributed by atoms with Crippen LogP contribution in [0.4, 0.5) is 0 Å². The minimum absolute atomic E-state index is 0. The summed E-state index contributed by atoms with van der Waals surface area (Å²) >= 11 is 1.81. The molecule has 158 valence electrons. The van der Waals surface area contributed by atoms with Crippen molar-refractivity contribution in [3.05, 3.63) is 57.8 Å². The van der Waals surface area contributed by atoms with Gasteiger partial charge in [-0.2, -0.15) is 0 Å². The number of rotatable bonds is 8. The first-order valence-electron chi connectivity index (χ1n) is 9.96. The molecule has 0 spiro atoms. The molecule has 29 heavy (non-hydrogen) atoms. The number of guanidine groups is 1. The third kappa shape index (κ3) is 7.62. The first kappa shape index (κ1) is 23.7. The van der Waals surface area contributed by atoms with E-state index in [-0.39, 0.29) is 29.9 Å². The third-order valence-electron chi connectivity index (χ3n) is 5.00. The predicted molar refractivity (Wildman–Crippen MR) is 132 cm³/mol. The molecule has 1 atom stereocenters. The minimum atomic E-state index is 0. The summed E-state index contributed by atoms with van der Waals surface area (Å²) in [6.07, 6.45) is 2.77. The van der Waals surface area contributed by atoms with Gasteiger partial charge >= 0.3 is 0 Å². The maximum atomic E-state index is 11.8. The topological polar surface area (TPSA) is 56.7 Å². The Labute approximate surface area is 195 Å². The van der Waals surface area contributed by atoms with Gasteiger partial charge in [-0.05, 0) is 41.3 Å². The van der Waals surface area contributed by atoms with Gasteiger partial charge in [0, 0.05) is 44.5 Å². The van der Waals surface area contributed by atoms with E-state index in [9.17, 15) is 4.79 Å². The number of thiophene rings is 1. The summed E-state index contributed by atoms with van der Waals surface area (Å²) in [6, 6.07) is 12.8. The number of amides is 1. The van der Waals surface area contributed by atoms with Gasteiger partial charge in [-0.15, -0.1) is 35.3 Å². The molecule has 1 aliphatic heterocycles. The van der Waals surface area contributed by atoms with Crippen molar-refractivity contribution in [3.63, 3.8) is 0 Å². The van der Waals surface area contributed by atoms with Gasteiger partial charge in [0.1, 0.15) is 0 Å². The van der Waals surface area contributed by atoms with Gasteiger partial charge in [-0.1, -0.05) is 37.3 Å². The Kier molecular flexibility index (Phi) is 9.93. The second kappa shape index (κ2) is 12.2. The molecule has 7 heteroatoms. The first-order valence-corrected chi connectivity index (χ1v) is 10.8. The minimum Gasteiger partial charge on any atom is -0.356 e. The summed E-state index contributed by atoms with van der Waals surface area (Å²) in [7, 11) is 1.80. The van der Waals surface area contributed by atoms with E-state index in [0.29, 0.717) is 12.3 Å². The van der Waals surface area contributed by atoms with Crippen LogP contribution in [0, 0.1) is 5.92 Å². The lowest BCUT2D eigenvalue weighted by atomic mass is 10.1. The Morgan fingerprint density at radius 1 is 1.21 bits per heavy atom. The summed E-state index contributed by atoms with van der Waals surface area (Å²) < 4.78 is 0. The van der Waals surface area contributed by atoms with Crippen molar-refractivity contribution in [2.75, 3.05) is 20.1 Å². The van der Waals surface area contributed by atoms with Crippen molar-refractivity contribution in [1.29, 1.82) is 0 Å². The van der Waals surface area contributed by atoms with Gasteiger partial charge in [-0.25, -0.2) is 0 Å². The highest BCUT2D eigenvalue weighted by atomic mass is 127. The monoisotopic (exact) mass is 526 g/mol. The number of hydrogen-bond donors (Lipinski definition) is 2. The lowest BCUT2D eigenvalue weighted by Gasteiger charge is -2.17. The van der Waals surface area contributed by atoms with Crippen molar-refractivity contribution >= 4 is 47.2 Å². The molecular weight excluding hydrogens is 495 g/mol. The number of nitrogens with zero attached hydrogens (tertiary/aromatic N) is 2. The average Bonchev–Trinajstić information content (AvgIpc) is 3.35. The second-order valence-electron chi connectivity index (χ2n) is 7.43. The Morgan fingerprint density at radius 3 is 2.59 bits per heavy atom. The van der Waals surface area contributed by atoms with E-state index in [2.05, 4.69) is 64.3 Å². The number of nitrogens with one attached hydrogen (secondary N) is 2. The molecule has 2 aromatic rings. The van der Waals surface area contributed by atoms with Crippen LogP contribution in [0.1, 0.15) is 35.8 Å². The molecule has 3 rings (SSSR count). The van der Waals surface area contributed by atoms with Gasteiger partial charge < -0.3 is 15.5 Å². The Morgan fingerprint density at radius 2 is 1.97 bits per heavy atom. The molecule has 0 radical (unpaired) electrons. The molecule has 1 saturated heterocycles. The fraction of sp³-hybridized carbons (Fsp3) is 0.455. The Balaban J connectivity index is 0.00000300. The normalized spacial score (nSPS) is 15.2. The number of aliphatic imine (C=N–C) groups is 1. The number of carbonyl (C=O) groups excluding carboxylic acids is 1. The van der Waals surface area contributed by atoms with Crippen molar-refractivity contribution in [2.45, 2.75) is 39.3 Å². The molecular formula is C22H31IN4OS. The number of carbonyl (C=O) groups is 1. The van der Waals surface area contributed by atoms with Crippen molar-refractivity contribution in [2.24, 2.45) is 10.9 Å². The first-order chi connectivity index (χ1) is 13.6. The molecule has 0 aliphatic carbocycles. The van der Waals surface area contributed by atoms with Crippen LogP contribution in [-0.4, -0.2) is 36.9 Å². The highest BCUT2D eigenvalue weighted by molar-refractivity contribution is 14.0. The van der Waals surface area contributed by atoms with Crippen molar-refractivity contribution in [3.8, 4) is 0 Å². The Bertz CT molecular complexity index is 777. The summed E-state index contributed by atoms with van der Waals surface area (Å²) in [5.74, 6) is 1.64. The van der Waals surface area contributed by atoms with Crippen molar-refractivity contribution < 1.29 is 4.79 Å². The van der Waals surface area contributed by atoms with E-state index >= 15 is 0 Å². The third-order valence-corrected chi connectivity index (χ3v) is 5.90. The van der Waals surface area contributed by atoms with Gasteiger partial charge in [-0.3, -0.25) is 9.79 Å². The zero-order valence-corrected chi connectivity index (χ0v) is 20.3. The van der Waals surface area contributed by atoms with E-state index in [1.54, 1.807) is 7.05 Å². The standard InChI is InChI=1S/C22H30N4OS.HI/c1-17(13-20-5-4-12-28-20)14-24-22(23-2)25-15-18-7-9-19(10-8-18)16-26-11-3-6-21(26)27;/h4-5,7-10,12,17H,3,6,11,13-16H2,1-2H3,(H2,23,24,25);1H. The Hall–Kier alpha value is -1.61. The fourth-order valence-corrected chi connectivity index (χ4v) is 4.25. The number of benzene rings is 1. The number of halogens is 1. The molecule has 0 bridgehead atoms. The lowest BCUT2D eigenvalue weighted by molar-refractivity contribution is -0.128. The SMILES string of the molecule is CN=C(NCc1ccc(CN2CCCC2=O)cc1)NCC(C)Cc1cccs1.I. The summed E-state index contributed by atoms with van der Waals surface area (Å²) in [5.41, 5.74) is 2.38. The average molecular weight is 526 g/mol. The molecule has 1 aliphatic rings. The van der Waals surface area contributed by atoms with E-state index in [0.717, 1.165) is 45.0 Å². The van der Waals surface area contributed by atoms with Crippen molar-refractivity contribution in [1.82, 2.24) is 15.5 Å². The summed E-state index contributed by atoms with van der Waals surface area (Å²) in [4.78, 5) is 19.4. The summed E-state index contributed by atoms with van der Waals surface area (Å²) in [5, 5.41) is 8.92. The highest BCUT2D eigenvalue weighted by Crippen LogP contribution is 2.15. The molecule has 2 heterocycles. The van der Waals surface area contributed by atoms with Crippen LogP contribution in [0.2, 0.25) is 0 Å². The molecule has 1 aromatic carbocycles. The van der Waals surface area contributed by atoms with Crippen LogP contribution in [0.25, 0.3) is 0 Å². The van der Waals surface area contributed by atoms with E-state index in [4.69, 9.17) is 0 Å². The second-order valence-corrected chi connectivity index (χ2v) is 8.46. The summed E-state index contributed by atoms with van der Waals surface area (Å²) in [6.45, 7) is 5.47. The number of hydrogen-bond acceptors (Lipinski definition) is 3. The van der Waals surface area contributed by atoms with Crippen LogP contribution in [0.15, 0.2) is 46.8 Å². The fourth-order valence-electron chi connectivity index (χ4n) is 3.38. The molecule has 1 unspecified atom stereocenters. The van der Waals surface area contributed by atoms with E-state index in [1.807, 2.05) is 16.2 Å². The molecule has 5 nitrogen and oxygen atoms in total. The van der Waals surface area contributed by atoms with Crippen LogP contribution < -0.4 is 10.6 Å². The molecule has 1 amide bonds. The van der Waals surface area contributed by atoms with Crippen LogP contribution >= 0.6 is 35.3 Å². The predicted octanol–water partition coefficient (Wildman–Crippen LogP) is 4.03. The van der Waals surface area contributed by atoms with Gasteiger partial charge in [0.05, 0.1) is 0 Å². The lowest BCUT2D eigenvalue weighted by Crippen LogP contribution is -2.39. The van der Waals surface area contributed by atoms with Gasteiger partial charge in [0.15, 0.2) is 5.96 Å². The van der Waals surface area contributed by atoms with E-state index in [1.165, 1.54) is 16.0 Å². The van der Waals surface area contributed by atoms with Crippen LogP contribution in [-0.2, 0) is 24.3 Å². The van der Waals surface area contributed by atoms with Gasteiger partial charge in [0.25, 0.3) is 0 Å². The van der Waals surface area contributed by atoms with Crippen LogP contribution in [0.3, 0.4) is 0 Å². The van der Waals surface area contributed by atoms with Crippen LogP contribution in [0.5, 0.6) is 0 Å². The number of likely N-dealkylation sites (tertiary alicyclic amines) is 1.